The topological polar surface area (TPSA) is 30.8 Å². The Morgan fingerprint density at radius 3 is 2.50 bits per heavy atom. The minimum atomic E-state index is -0.256. The minimum absolute atomic E-state index is 0.256. The van der Waals surface area contributed by atoms with E-state index in [-0.39, 0.29) is 6.29 Å². The van der Waals surface area contributed by atoms with E-state index in [0.29, 0.717) is 5.92 Å². The molecular formula is C16H21NO2S. The standard InChI is InChI=1S/C16H21NO2S/c1-3-12(2)8-13-9-18-16(19-10-13)14-4-6-15(7-5-14)17-11-20/h4-7,12-13,16H,3,8-10H2,1-2H3. The van der Waals surface area contributed by atoms with Gasteiger partial charge in [0.25, 0.3) is 0 Å². The zero-order valence-corrected chi connectivity index (χ0v) is 12.9. The van der Waals surface area contributed by atoms with Crippen LogP contribution in [-0.4, -0.2) is 18.4 Å². The second kappa shape index (κ2) is 7.65. The number of thiocarbonyl (C=S) groups is 1. The lowest BCUT2D eigenvalue weighted by Crippen LogP contribution is -2.28. The van der Waals surface area contributed by atoms with Crippen molar-refractivity contribution in [2.75, 3.05) is 13.2 Å². The van der Waals surface area contributed by atoms with Gasteiger partial charge in [0.05, 0.1) is 24.1 Å². The second-order valence-electron chi connectivity index (χ2n) is 5.41. The van der Waals surface area contributed by atoms with Crippen molar-refractivity contribution < 1.29 is 9.47 Å². The third-order valence-corrected chi connectivity index (χ3v) is 3.83. The summed E-state index contributed by atoms with van der Waals surface area (Å²) in [5.41, 5.74) is 1.82. The quantitative estimate of drug-likeness (QED) is 0.590. The first kappa shape index (κ1) is 15.3. The fraction of sp³-hybridized carbons (Fsp3) is 0.562. The number of rotatable bonds is 5. The molecule has 1 atom stereocenters. The Morgan fingerprint density at radius 1 is 1.30 bits per heavy atom. The van der Waals surface area contributed by atoms with Crippen LogP contribution in [0, 0.1) is 11.8 Å². The zero-order chi connectivity index (χ0) is 14.4. The predicted octanol–water partition coefficient (Wildman–Crippen LogP) is 4.52. The fourth-order valence-electron chi connectivity index (χ4n) is 2.37. The van der Waals surface area contributed by atoms with Crippen LogP contribution in [0.3, 0.4) is 0 Å². The van der Waals surface area contributed by atoms with Gasteiger partial charge in [0.1, 0.15) is 0 Å². The Hall–Kier alpha value is -1.06. The molecule has 108 valence electrons. The third-order valence-electron chi connectivity index (χ3n) is 3.74. The van der Waals surface area contributed by atoms with Gasteiger partial charge in [-0.15, -0.1) is 0 Å². The van der Waals surface area contributed by atoms with Gasteiger partial charge < -0.3 is 9.47 Å². The van der Waals surface area contributed by atoms with E-state index < -0.39 is 0 Å². The number of hydrogen-bond acceptors (Lipinski definition) is 4. The molecule has 1 aliphatic heterocycles. The van der Waals surface area contributed by atoms with Gasteiger partial charge in [-0.1, -0.05) is 32.4 Å². The summed E-state index contributed by atoms with van der Waals surface area (Å²) >= 11 is 4.58. The fourth-order valence-corrected chi connectivity index (χ4v) is 2.47. The second-order valence-corrected chi connectivity index (χ2v) is 5.59. The van der Waals surface area contributed by atoms with E-state index in [0.717, 1.165) is 30.4 Å². The monoisotopic (exact) mass is 291 g/mol. The first-order valence-corrected chi connectivity index (χ1v) is 7.54. The van der Waals surface area contributed by atoms with Crippen molar-refractivity contribution in [3.8, 4) is 0 Å². The summed E-state index contributed by atoms with van der Waals surface area (Å²) in [4.78, 5) is 3.93. The van der Waals surface area contributed by atoms with Crippen molar-refractivity contribution in [1.82, 2.24) is 0 Å². The molecule has 0 aliphatic carbocycles. The molecule has 1 aromatic carbocycles. The van der Waals surface area contributed by atoms with Crippen molar-refractivity contribution in [3.05, 3.63) is 29.8 Å². The van der Waals surface area contributed by atoms with Crippen LogP contribution in [0.5, 0.6) is 0 Å². The van der Waals surface area contributed by atoms with Gasteiger partial charge >= 0.3 is 0 Å². The molecule has 1 fully saturated rings. The highest BCUT2D eigenvalue weighted by Crippen LogP contribution is 2.29. The number of nitrogens with zero attached hydrogens (tertiary/aromatic N) is 1. The van der Waals surface area contributed by atoms with Crippen molar-refractivity contribution in [3.63, 3.8) is 0 Å². The molecule has 0 N–H and O–H groups in total. The number of benzene rings is 1. The Bertz CT molecular complexity index is 460. The molecule has 1 unspecified atom stereocenters. The molecule has 0 saturated carbocycles. The maximum atomic E-state index is 5.83. The molecule has 0 aromatic heterocycles. The largest absolute Gasteiger partial charge is 0.348 e. The zero-order valence-electron chi connectivity index (χ0n) is 12.0. The molecule has 0 amide bonds. The van der Waals surface area contributed by atoms with E-state index in [1.165, 1.54) is 12.8 Å². The van der Waals surface area contributed by atoms with Gasteiger partial charge in [0, 0.05) is 11.5 Å². The molecule has 1 aromatic rings. The average molecular weight is 291 g/mol. The number of aliphatic imine (C=N–C) groups is 1. The molecule has 20 heavy (non-hydrogen) atoms. The first-order valence-electron chi connectivity index (χ1n) is 7.14. The van der Waals surface area contributed by atoms with E-state index in [1.807, 2.05) is 24.3 Å². The van der Waals surface area contributed by atoms with Crippen LogP contribution in [0.1, 0.15) is 38.5 Å². The summed E-state index contributed by atoms with van der Waals surface area (Å²) in [5, 5.41) is 2.36. The van der Waals surface area contributed by atoms with Crippen LogP contribution >= 0.6 is 12.2 Å². The van der Waals surface area contributed by atoms with E-state index >= 15 is 0 Å². The van der Waals surface area contributed by atoms with Crippen LogP contribution in [0.2, 0.25) is 0 Å². The SMILES string of the molecule is CCC(C)CC1COC(c2ccc(N=C=S)cc2)OC1. The third kappa shape index (κ3) is 4.22. The number of ether oxygens (including phenoxy) is 2. The Balaban J connectivity index is 1.88. The van der Waals surface area contributed by atoms with E-state index in [4.69, 9.17) is 9.47 Å². The van der Waals surface area contributed by atoms with Crippen LogP contribution < -0.4 is 0 Å². The molecule has 4 heteroatoms. The van der Waals surface area contributed by atoms with Gasteiger partial charge in [0.15, 0.2) is 6.29 Å². The van der Waals surface area contributed by atoms with Crippen molar-refractivity contribution in [2.45, 2.75) is 33.0 Å². The van der Waals surface area contributed by atoms with E-state index in [2.05, 4.69) is 36.2 Å². The van der Waals surface area contributed by atoms with Gasteiger partial charge in [0.2, 0.25) is 0 Å². The lowest BCUT2D eigenvalue weighted by Gasteiger charge is -2.30. The van der Waals surface area contributed by atoms with Crippen LogP contribution in [0.25, 0.3) is 0 Å². The molecule has 1 saturated heterocycles. The summed E-state index contributed by atoms with van der Waals surface area (Å²) < 4.78 is 11.7. The minimum Gasteiger partial charge on any atom is -0.348 e. The molecule has 0 radical (unpaired) electrons. The van der Waals surface area contributed by atoms with Crippen molar-refractivity contribution in [2.24, 2.45) is 16.8 Å². The average Bonchev–Trinajstić information content (AvgIpc) is 2.49. The number of hydrogen-bond donors (Lipinski definition) is 0. The van der Waals surface area contributed by atoms with E-state index in [9.17, 15) is 0 Å². The summed E-state index contributed by atoms with van der Waals surface area (Å²) in [6, 6.07) is 7.72. The smallest absolute Gasteiger partial charge is 0.183 e. The molecule has 1 aliphatic rings. The van der Waals surface area contributed by atoms with Crippen molar-refractivity contribution >= 4 is 23.1 Å². The van der Waals surface area contributed by atoms with Gasteiger partial charge in [-0.3, -0.25) is 0 Å². The Morgan fingerprint density at radius 2 is 1.95 bits per heavy atom. The lowest BCUT2D eigenvalue weighted by atomic mass is 9.94. The Kier molecular flexibility index (Phi) is 5.86. The van der Waals surface area contributed by atoms with Gasteiger partial charge in [-0.25, -0.2) is 0 Å². The first-order chi connectivity index (χ1) is 9.72. The molecule has 0 spiro atoms. The van der Waals surface area contributed by atoms with Gasteiger partial charge in [-0.05, 0) is 36.7 Å². The highest BCUT2D eigenvalue weighted by molar-refractivity contribution is 7.78. The summed E-state index contributed by atoms with van der Waals surface area (Å²) in [7, 11) is 0. The molecule has 2 rings (SSSR count). The van der Waals surface area contributed by atoms with Crippen LogP contribution in [-0.2, 0) is 9.47 Å². The predicted molar refractivity (Wildman–Crippen MR) is 83.3 cm³/mol. The normalized spacial score (nSPS) is 23.9. The highest BCUT2D eigenvalue weighted by atomic mass is 32.1. The molecule has 3 nitrogen and oxygen atoms in total. The van der Waals surface area contributed by atoms with Crippen LogP contribution in [0.4, 0.5) is 5.69 Å². The van der Waals surface area contributed by atoms with Crippen molar-refractivity contribution in [1.29, 1.82) is 0 Å². The van der Waals surface area contributed by atoms with Crippen LogP contribution in [0.15, 0.2) is 29.3 Å². The highest BCUT2D eigenvalue weighted by Gasteiger charge is 2.24. The number of isothiocyanates is 1. The molecule has 0 bridgehead atoms. The van der Waals surface area contributed by atoms with E-state index in [1.54, 1.807) is 0 Å². The summed E-state index contributed by atoms with van der Waals surface area (Å²) in [5.74, 6) is 1.25. The summed E-state index contributed by atoms with van der Waals surface area (Å²) in [6.45, 7) is 6.05. The summed E-state index contributed by atoms with van der Waals surface area (Å²) in [6.07, 6.45) is 2.13. The Labute approximate surface area is 126 Å². The maximum absolute atomic E-state index is 5.83. The maximum Gasteiger partial charge on any atom is 0.183 e. The molecular weight excluding hydrogens is 270 g/mol. The van der Waals surface area contributed by atoms with Gasteiger partial charge in [-0.2, -0.15) is 4.99 Å². The molecule has 1 heterocycles. The lowest BCUT2D eigenvalue weighted by molar-refractivity contribution is -0.207.